The first-order valence-electron chi connectivity index (χ1n) is 10.6. The van der Waals surface area contributed by atoms with E-state index in [1.54, 1.807) is 14.1 Å². The Morgan fingerprint density at radius 1 is 0.760 bits per heavy atom. The SMILES string of the molecule is CCCCCCCCCCCCCCCCC=C(C)C(=O)ON(C)C. The van der Waals surface area contributed by atoms with Crippen LogP contribution in [0.1, 0.15) is 110 Å². The predicted molar refractivity (Wildman–Crippen MR) is 108 cm³/mol. The van der Waals surface area contributed by atoms with Crippen molar-refractivity contribution >= 4 is 5.97 Å². The van der Waals surface area contributed by atoms with Gasteiger partial charge in [-0.3, -0.25) is 0 Å². The molecule has 0 saturated carbocycles. The molecule has 0 rings (SSSR count). The Morgan fingerprint density at radius 2 is 1.16 bits per heavy atom. The zero-order chi connectivity index (χ0) is 18.8. The van der Waals surface area contributed by atoms with Crippen molar-refractivity contribution in [2.75, 3.05) is 14.1 Å². The van der Waals surface area contributed by atoms with Crippen molar-refractivity contribution in [1.82, 2.24) is 5.06 Å². The zero-order valence-electron chi connectivity index (χ0n) is 17.4. The van der Waals surface area contributed by atoms with E-state index in [0.717, 1.165) is 6.42 Å². The molecule has 0 unspecified atom stereocenters. The second-order valence-electron chi connectivity index (χ2n) is 7.46. The van der Waals surface area contributed by atoms with E-state index in [1.807, 2.05) is 13.0 Å². The molecule has 0 aliphatic rings. The maximum Gasteiger partial charge on any atom is 0.352 e. The van der Waals surface area contributed by atoms with Crippen LogP contribution in [0.3, 0.4) is 0 Å². The third-order valence-electron chi connectivity index (χ3n) is 4.60. The Kier molecular flexibility index (Phi) is 17.4. The van der Waals surface area contributed by atoms with Crippen LogP contribution in [-0.4, -0.2) is 25.1 Å². The largest absolute Gasteiger partial charge is 0.365 e. The van der Waals surface area contributed by atoms with Gasteiger partial charge in [-0.25, -0.2) is 4.79 Å². The molecule has 3 heteroatoms. The minimum Gasteiger partial charge on any atom is -0.365 e. The van der Waals surface area contributed by atoms with Gasteiger partial charge in [-0.2, -0.15) is 0 Å². The number of nitrogens with zero attached hydrogens (tertiary/aromatic N) is 1. The van der Waals surface area contributed by atoms with Gasteiger partial charge in [-0.05, 0) is 19.8 Å². The lowest BCUT2D eigenvalue weighted by molar-refractivity contribution is -0.172. The zero-order valence-corrected chi connectivity index (χ0v) is 17.4. The highest BCUT2D eigenvalue weighted by molar-refractivity contribution is 5.87. The van der Waals surface area contributed by atoms with Crippen LogP contribution < -0.4 is 0 Å². The highest BCUT2D eigenvalue weighted by atomic mass is 16.7. The van der Waals surface area contributed by atoms with Crippen LogP contribution >= 0.6 is 0 Å². The van der Waals surface area contributed by atoms with E-state index in [1.165, 1.54) is 95.0 Å². The summed E-state index contributed by atoms with van der Waals surface area (Å²) in [7, 11) is 3.44. The second-order valence-corrected chi connectivity index (χ2v) is 7.46. The summed E-state index contributed by atoms with van der Waals surface area (Å²) in [4.78, 5) is 16.6. The van der Waals surface area contributed by atoms with Crippen molar-refractivity contribution in [2.24, 2.45) is 0 Å². The van der Waals surface area contributed by atoms with Crippen molar-refractivity contribution in [1.29, 1.82) is 0 Å². The van der Waals surface area contributed by atoms with E-state index >= 15 is 0 Å². The quantitative estimate of drug-likeness (QED) is 0.163. The van der Waals surface area contributed by atoms with Crippen LogP contribution in [0.25, 0.3) is 0 Å². The molecular weight excluding hydrogens is 310 g/mol. The second kappa shape index (κ2) is 18.0. The van der Waals surface area contributed by atoms with Gasteiger partial charge in [-0.15, -0.1) is 5.06 Å². The van der Waals surface area contributed by atoms with Crippen LogP contribution in [0.15, 0.2) is 11.6 Å². The molecule has 148 valence electrons. The number of carbonyl (C=O) groups is 1. The molecule has 0 bridgehead atoms. The fraction of sp³-hybridized carbons (Fsp3) is 0.864. The number of hydroxylamine groups is 2. The molecule has 0 radical (unpaired) electrons. The Balaban J connectivity index is 3.30. The third kappa shape index (κ3) is 17.8. The molecule has 0 aromatic carbocycles. The Morgan fingerprint density at radius 3 is 1.56 bits per heavy atom. The van der Waals surface area contributed by atoms with Gasteiger partial charge in [0.15, 0.2) is 0 Å². The molecule has 0 aromatic heterocycles. The molecule has 0 saturated heterocycles. The summed E-state index contributed by atoms with van der Waals surface area (Å²) in [6.45, 7) is 4.11. The standard InChI is InChI=1S/C22H43NO2/c1-5-6-7-8-9-10-11-12-13-14-15-16-17-18-19-20-21(2)22(24)25-23(3)4/h20H,5-19H2,1-4H3. The lowest BCUT2D eigenvalue weighted by Crippen LogP contribution is -2.19. The Labute approximate surface area is 157 Å². The maximum atomic E-state index is 11.6. The van der Waals surface area contributed by atoms with E-state index in [-0.39, 0.29) is 5.97 Å². The highest BCUT2D eigenvalue weighted by Gasteiger charge is 2.06. The van der Waals surface area contributed by atoms with Crippen LogP contribution in [0, 0.1) is 0 Å². The summed E-state index contributed by atoms with van der Waals surface area (Å²) >= 11 is 0. The molecule has 25 heavy (non-hydrogen) atoms. The summed E-state index contributed by atoms with van der Waals surface area (Å²) in [5, 5.41) is 1.44. The Hall–Kier alpha value is -0.830. The average Bonchev–Trinajstić information content (AvgIpc) is 2.57. The smallest absolute Gasteiger partial charge is 0.352 e. The summed E-state index contributed by atoms with van der Waals surface area (Å²) in [6.07, 6.45) is 22.3. The molecule has 0 N–H and O–H groups in total. The van der Waals surface area contributed by atoms with E-state index in [9.17, 15) is 4.79 Å². The van der Waals surface area contributed by atoms with E-state index in [2.05, 4.69) is 6.92 Å². The lowest BCUT2D eigenvalue weighted by atomic mass is 10.0. The van der Waals surface area contributed by atoms with Crippen LogP contribution in [0.5, 0.6) is 0 Å². The number of carbonyl (C=O) groups excluding carboxylic acids is 1. The molecule has 0 aliphatic heterocycles. The minimum atomic E-state index is -0.240. The van der Waals surface area contributed by atoms with Gasteiger partial charge in [-0.1, -0.05) is 96.5 Å². The molecule has 0 aromatic rings. The lowest BCUT2D eigenvalue weighted by Gasteiger charge is -2.09. The minimum absolute atomic E-state index is 0.240. The molecule has 3 nitrogen and oxygen atoms in total. The molecule has 0 amide bonds. The predicted octanol–water partition coefficient (Wildman–Crippen LogP) is 6.82. The van der Waals surface area contributed by atoms with Crippen molar-refractivity contribution in [3.63, 3.8) is 0 Å². The van der Waals surface area contributed by atoms with Gasteiger partial charge in [0.05, 0.1) is 0 Å². The first-order valence-corrected chi connectivity index (χ1v) is 10.6. The molecule has 0 heterocycles. The summed E-state index contributed by atoms with van der Waals surface area (Å²) in [6, 6.07) is 0. The number of unbranched alkanes of at least 4 members (excludes halogenated alkanes) is 14. The normalized spacial score (nSPS) is 12.0. The fourth-order valence-corrected chi connectivity index (χ4v) is 2.98. The van der Waals surface area contributed by atoms with Gasteiger partial charge >= 0.3 is 5.97 Å². The maximum absolute atomic E-state index is 11.6. The third-order valence-corrected chi connectivity index (χ3v) is 4.60. The van der Waals surface area contributed by atoms with E-state index < -0.39 is 0 Å². The number of hydrogen-bond acceptors (Lipinski definition) is 3. The highest BCUT2D eigenvalue weighted by Crippen LogP contribution is 2.13. The van der Waals surface area contributed by atoms with Gasteiger partial charge in [0.2, 0.25) is 0 Å². The molecule has 0 fully saturated rings. The topological polar surface area (TPSA) is 29.5 Å². The molecule has 0 aliphatic carbocycles. The van der Waals surface area contributed by atoms with Gasteiger partial charge < -0.3 is 4.84 Å². The molecular formula is C22H43NO2. The van der Waals surface area contributed by atoms with E-state index in [4.69, 9.17) is 4.84 Å². The number of hydrogen-bond donors (Lipinski definition) is 0. The van der Waals surface area contributed by atoms with Gasteiger partial charge in [0, 0.05) is 19.7 Å². The van der Waals surface area contributed by atoms with Crippen molar-refractivity contribution in [3.8, 4) is 0 Å². The summed E-state index contributed by atoms with van der Waals surface area (Å²) in [5.41, 5.74) is 0.711. The number of rotatable bonds is 17. The summed E-state index contributed by atoms with van der Waals surface area (Å²) < 4.78 is 0. The number of allylic oxidation sites excluding steroid dienone is 1. The summed E-state index contributed by atoms with van der Waals surface area (Å²) in [5.74, 6) is -0.240. The van der Waals surface area contributed by atoms with Gasteiger partial charge in [0.25, 0.3) is 0 Å². The first-order chi connectivity index (χ1) is 12.1. The van der Waals surface area contributed by atoms with E-state index in [0.29, 0.717) is 5.57 Å². The monoisotopic (exact) mass is 353 g/mol. The van der Waals surface area contributed by atoms with Crippen LogP contribution in [0.2, 0.25) is 0 Å². The average molecular weight is 354 g/mol. The van der Waals surface area contributed by atoms with Crippen LogP contribution in [0.4, 0.5) is 0 Å². The van der Waals surface area contributed by atoms with Crippen molar-refractivity contribution < 1.29 is 9.63 Å². The van der Waals surface area contributed by atoms with Crippen molar-refractivity contribution in [3.05, 3.63) is 11.6 Å². The first kappa shape index (κ1) is 24.2. The molecule has 0 atom stereocenters. The Bertz CT molecular complexity index is 337. The van der Waals surface area contributed by atoms with Crippen LogP contribution in [-0.2, 0) is 9.63 Å². The van der Waals surface area contributed by atoms with Crippen molar-refractivity contribution in [2.45, 2.75) is 110 Å². The van der Waals surface area contributed by atoms with Gasteiger partial charge in [0.1, 0.15) is 0 Å². The fourth-order valence-electron chi connectivity index (χ4n) is 2.98. The molecule has 0 spiro atoms.